The van der Waals surface area contributed by atoms with Crippen LogP contribution >= 0.6 is 11.3 Å². The Labute approximate surface area is 134 Å². The second kappa shape index (κ2) is 7.91. The zero-order valence-corrected chi connectivity index (χ0v) is 13.6. The number of aromatic nitrogens is 1. The van der Waals surface area contributed by atoms with Gasteiger partial charge in [-0.15, -0.1) is 11.3 Å². The van der Waals surface area contributed by atoms with Crippen LogP contribution in [0.3, 0.4) is 0 Å². The highest BCUT2D eigenvalue weighted by Gasteiger charge is 2.14. The monoisotopic (exact) mass is 320 g/mol. The van der Waals surface area contributed by atoms with Crippen LogP contribution in [0.2, 0.25) is 0 Å². The highest BCUT2D eigenvalue weighted by Crippen LogP contribution is 2.17. The molecular weight excluding hydrogens is 300 g/mol. The highest BCUT2D eigenvalue weighted by atomic mass is 32.1. The molecule has 0 saturated heterocycles. The molecule has 1 amide bonds. The number of hydrogen-bond acceptors (Lipinski definition) is 5. The minimum atomic E-state index is -0.105. The van der Waals surface area contributed by atoms with Gasteiger partial charge in [-0.3, -0.25) is 4.79 Å². The number of thiazole rings is 1. The average Bonchev–Trinajstić information content (AvgIpc) is 2.96. The summed E-state index contributed by atoms with van der Waals surface area (Å²) in [5.74, 6) is 0.531. The van der Waals surface area contributed by atoms with Crippen molar-refractivity contribution in [2.45, 2.75) is 20.5 Å². The van der Waals surface area contributed by atoms with Crippen LogP contribution in [0, 0.1) is 6.92 Å². The van der Waals surface area contributed by atoms with Crippen LogP contribution in [-0.2, 0) is 6.61 Å². The summed E-state index contributed by atoms with van der Waals surface area (Å²) >= 11 is 1.58. The fraction of sp³-hybridized carbons (Fsp3) is 0.375. The Morgan fingerprint density at radius 3 is 2.91 bits per heavy atom. The Bertz CT molecular complexity index is 627. The Balaban J connectivity index is 2.04. The van der Waals surface area contributed by atoms with Gasteiger partial charge in [0.1, 0.15) is 12.4 Å². The van der Waals surface area contributed by atoms with Gasteiger partial charge < -0.3 is 14.7 Å². The summed E-state index contributed by atoms with van der Waals surface area (Å²) in [4.78, 5) is 18.3. The van der Waals surface area contributed by atoms with Gasteiger partial charge in [0.15, 0.2) is 0 Å². The first-order valence-electron chi connectivity index (χ1n) is 7.18. The predicted molar refractivity (Wildman–Crippen MR) is 86.3 cm³/mol. The number of carbonyl (C=O) groups excluding carboxylic acids is 1. The van der Waals surface area contributed by atoms with Crippen molar-refractivity contribution in [2.75, 3.05) is 19.7 Å². The summed E-state index contributed by atoms with van der Waals surface area (Å²) < 4.78 is 5.69. The molecule has 0 unspecified atom stereocenters. The van der Waals surface area contributed by atoms with Crippen molar-refractivity contribution >= 4 is 17.2 Å². The molecule has 0 aliphatic heterocycles. The van der Waals surface area contributed by atoms with E-state index in [2.05, 4.69) is 4.98 Å². The van der Waals surface area contributed by atoms with E-state index in [9.17, 15) is 4.79 Å². The van der Waals surface area contributed by atoms with E-state index in [1.54, 1.807) is 34.4 Å². The van der Waals surface area contributed by atoms with Gasteiger partial charge in [0, 0.05) is 24.0 Å². The van der Waals surface area contributed by atoms with Gasteiger partial charge in [-0.05, 0) is 32.0 Å². The summed E-state index contributed by atoms with van der Waals surface area (Å²) in [6.45, 7) is 5.07. The van der Waals surface area contributed by atoms with E-state index in [1.807, 2.05) is 25.3 Å². The second-order valence-corrected chi connectivity index (χ2v) is 5.85. The first-order chi connectivity index (χ1) is 10.6. The van der Waals surface area contributed by atoms with Crippen LogP contribution in [0.15, 0.2) is 29.6 Å². The lowest BCUT2D eigenvalue weighted by Crippen LogP contribution is -2.33. The normalized spacial score (nSPS) is 10.5. The van der Waals surface area contributed by atoms with Gasteiger partial charge in [0.05, 0.1) is 17.3 Å². The van der Waals surface area contributed by atoms with Crippen LogP contribution in [0.25, 0.3) is 0 Å². The average molecular weight is 320 g/mol. The molecule has 1 N–H and O–H groups in total. The first-order valence-corrected chi connectivity index (χ1v) is 8.06. The molecule has 0 saturated carbocycles. The number of rotatable bonds is 7. The minimum Gasteiger partial charge on any atom is -0.487 e. The maximum absolute atomic E-state index is 12.3. The van der Waals surface area contributed by atoms with Crippen molar-refractivity contribution in [3.05, 3.63) is 45.9 Å². The van der Waals surface area contributed by atoms with E-state index < -0.39 is 0 Å². The zero-order chi connectivity index (χ0) is 15.9. The van der Waals surface area contributed by atoms with Gasteiger partial charge in [0.2, 0.25) is 0 Å². The number of aliphatic hydroxyl groups is 1. The molecule has 2 aromatic rings. The summed E-state index contributed by atoms with van der Waals surface area (Å²) in [6.07, 6.45) is 0. The van der Waals surface area contributed by atoms with E-state index in [0.29, 0.717) is 31.0 Å². The number of likely N-dealkylation sites (N-methyl/N-ethyl adjacent to an activating group) is 1. The fourth-order valence-electron chi connectivity index (χ4n) is 2.06. The number of ether oxygens (including phenoxy) is 1. The summed E-state index contributed by atoms with van der Waals surface area (Å²) in [5.41, 5.74) is 1.44. The second-order valence-electron chi connectivity index (χ2n) is 4.78. The molecule has 6 heteroatoms. The summed E-state index contributed by atoms with van der Waals surface area (Å²) in [6, 6.07) is 7.09. The zero-order valence-electron chi connectivity index (χ0n) is 12.8. The van der Waals surface area contributed by atoms with E-state index in [0.717, 1.165) is 10.7 Å². The van der Waals surface area contributed by atoms with Gasteiger partial charge in [0.25, 0.3) is 5.91 Å². The number of nitrogens with zero attached hydrogens (tertiary/aromatic N) is 2. The molecule has 2 rings (SSSR count). The van der Waals surface area contributed by atoms with E-state index in [-0.39, 0.29) is 12.5 Å². The van der Waals surface area contributed by atoms with Gasteiger partial charge in [-0.2, -0.15) is 0 Å². The molecule has 0 spiro atoms. The van der Waals surface area contributed by atoms with Crippen molar-refractivity contribution < 1.29 is 14.6 Å². The highest BCUT2D eigenvalue weighted by molar-refractivity contribution is 7.09. The number of aryl methyl sites for hydroxylation is 1. The molecular formula is C16H20N2O3S. The number of carbonyl (C=O) groups is 1. The van der Waals surface area contributed by atoms with Crippen molar-refractivity contribution in [1.82, 2.24) is 9.88 Å². The molecule has 22 heavy (non-hydrogen) atoms. The summed E-state index contributed by atoms with van der Waals surface area (Å²) in [7, 11) is 0. The molecule has 0 atom stereocenters. The van der Waals surface area contributed by atoms with Crippen molar-refractivity contribution in [1.29, 1.82) is 0 Å². The van der Waals surface area contributed by atoms with Crippen LogP contribution < -0.4 is 4.74 Å². The topological polar surface area (TPSA) is 62.7 Å². The quantitative estimate of drug-likeness (QED) is 0.851. The fourth-order valence-corrected chi connectivity index (χ4v) is 2.65. The van der Waals surface area contributed by atoms with Gasteiger partial charge in [-0.25, -0.2) is 4.98 Å². The van der Waals surface area contributed by atoms with Gasteiger partial charge in [-0.1, -0.05) is 6.07 Å². The molecule has 118 valence electrons. The van der Waals surface area contributed by atoms with Crippen molar-refractivity contribution in [3.8, 4) is 5.75 Å². The number of amides is 1. The van der Waals surface area contributed by atoms with Crippen molar-refractivity contribution in [2.24, 2.45) is 0 Å². The third-order valence-corrected chi connectivity index (χ3v) is 4.00. The Hall–Kier alpha value is -1.92. The standard InChI is InChI=1S/C16H20N2O3S/c1-3-18(7-8-19)16(20)13-5-4-6-15(9-13)21-10-14-11-22-12(2)17-14/h4-6,9,11,19H,3,7-8,10H2,1-2H3. The van der Waals surface area contributed by atoms with Crippen LogP contribution in [0.1, 0.15) is 28.0 Å². The largest absolute Gasteiger partial charge is 0.487 e. The Kier molecular flexibility index (Phi) is 5.91. The van der Waals surface area contributed by atoms with Crippen LogP contribution in [0.5, 0.6) is 5.75 Å². The molecule has 1 aromatic carbocycles. The Morgan fingerprint density at radius 1 is 1.45 bits per heavy atom. The number of aliphatic hydroxyl groups excluding tert-OH is 1. The lowest BCUT2D eigenvalue weighted by molar-refractivity contribution is 0.0731. The first kappa shape index (κ1) is 16.5. The lowest BCUT2D eigenvalue weighted by Gasteiger charge is -2.19. The molecule has 0 bridgehead atoms. The third-order valence-electron chi connectivity index (χ3n) is 3.17. The number of benzene rings is 1. The molecule has 0 radical (unpaired) electrons. The molecule has 1 heterocycles. The molecule has 0 aliphatic rings. The van der Waals surface area contributed by atoms with Gasteiger partial charge >= 0.3 is 0 Å². The maximum atomic E-state index is 12.3. The molecule has 5 nitrogen and oxygen atoms in total. The third kappa shape index (κ3) is 4.29. The Morgan fingerprint density at radius 2 is 2.27 bits per heavy atom. The number of hydrogen-bond donors (Lipinski definition) is 1. The maximum Gasteiger partial charge on any atom is 0.254 e. The van der Waals surface area contributed by atoms with E-state index in [1.165, 1.54) is 0 Å². The molecule has 1 aromatic heterocycles. The minimum absolute atomic E-state index is 0.0427. The smallest absolute Gasteiger partial charge is 0.254 e. The molecule has 0 fully saturated rings. The summed E-state index contributed by atoms with van der Waals surface area (Å²) in [5, 5.41) is 12.0. The van der Waals surface area contributed by atoms with Crippen molar-refractivity contribution in [3.63, 3.8) is 0 Å². The van der Waals surface area contributed by atoms with E-state index >= 15 is 0 Å². The SMILES string of the molecule is CCN(CCO)C(=O)c1cccc(OCc2csc(C)n2)c1. The van der Waals surface area contributed by atoms with Crippen LogP contribution in [-0.4, -0.2) is 40.6 Å². The van der Waals surface area contributed by atoms with E-state index in [4.69, 9.17) is 9.84 Å². The van der Waals surface area contributed by atoms with Crippen LogP contribution in [0.4, 0.5) is 0 Å². The molecule has 0 aliphatic carbocycles. The lowest BCUT2D eigenvalue weighted by atomic mass is 10.2. The predicted octanol–water partition coefficient (Wildman–Crippen LogP) is 2.48.